The predicted octanol–water partition coefficient (Wildman–Crippen LogP) is 3.02. The van der Waals surface area contributed by atoms with Crippen LogP contribution in [-0.4, -0.2) is 20.4 Å². The van der Waals surface area contributed by atoms with E-state index in [1.165, 1.54) is 4.57 Å². The zero-order chi connectivity index (χ0) is 17.6. The van der Waals surface area contributed by atoms with Crippen molar-refractivity contribution < 1.29 is 4.79 Å². The molecule has 0 aliphatic carbocycles. The molecule has 1 aliphatic heterocycles. The number of pyridine rings is 1. The Morgan fingerprint density at radius 2 is 2.12 bits per heavy atom. The SMILES string of the molecule is CCCC1NC(=O)c2cccnc2-n2c1nc1ccc(Cl)cc1c2=O. The third kappa shape index (κ3) is 2.49. The van der Waals surface area contributed by atoms with Crippen molar-refractivity contribution in [2.24, 2.45) is 0 Å². The summed E-state index contributed by atoms with van der Waals surface area (Å²) in [6.45, 7) is 2.02. The predicted molar refractivity (Wildman–Crippen MR) is 95.3 cm³/mol. The summed E-state index contributed by atoms with van der Waals surface area (Å²) >= 11 is 6.05. The summed E-state index contributed by atoms with van der Waals surface area (Å²) in [5.74, 6) is 0.536. The number of rotatable bonds is 2. The van der Waals surface area contributed by atoms with Gasteiger partial charge in [-0.25, -0.2) is 14.5 Å². The van der Waals surface area contributed by atoms with Gasteiger partial charge in [0.1, 0.15) is 5.82 Å². The number of carbonyl (C=O) groups excluding carboxylic acids is 1. The van der Waals surface area contributed by atoms with Crippen molar-refractivity contribution in [3.63, 3.8) is 0 Å². The lowest BCUT2D eigenvalue weighted by Crippen LogP contribution is -2.30. The minimum absolute atomic E-state index is 0.256. The normalized spacial score (nSPS) is 16.1. The van der Waals surface area contributed by atoms with Crippen molar-refractivity contribution in [3.05, 3.63) is 63.3 Å². The van der Waals surface area contributed by atoms with Crippen molar-refractivity contribution in [1.82, 2.24) is 19.9 Å². The van der Waals surface area contributed by atoms with Crippen LogP contribution >= 0.6 is 11.6 Å². The van der Waals surface area contributed by atoms with E-state index in [2.05, 4.69) is 15.3 Å². The topological polar surface area (TPSA) is 76.9 Å². The molecule has 1 amide bonds. The van der Waals surface area contributed by atoms with Crippen LogP contribution in [0.15, 0.2) is 41.3 Å². The minimum Gasteiger partial charge on any atom is -0.342 e. The Morgan fingerprint density at radius 1 is 1.28 bits per heavy atom. The number of halogens is 1. The molecule has 1 N–H and O–H groups in total. The van der Waals surface area contributed by atoms with E-state index in [9.17, 15) is 9.59 Å². The average Bonchev–Trinajstić information content (AvgIpc) is 2.72. The van der Waals surface area contributed by atoms with E-state index in [0.29, 0.717) is 39.6 Å². The summed E-state index contributed by atoms with van der Waals surface area (Å²) < 4.78 is 1.44. The monoisotopic (exact) mass is 354 g/mol. The molecule has 126 valence electrons. The minimum atomic E-state index is -0.362. The molecule has 4 rings (SSSR count). The Bertz CT molecular complexity index is 1060. The van der Waals surface area contributed by atoms with E-state index in [1.54, 1.807) is 36.5 Å². The fraction of sp³-hybridized carbons (Fsp3) is 0.222. The zero-order valence-electron chi connectivity index (χ0n) is 13.5. The number of hydrogen-bond donors (Lipinski definition) is 1. The van der Waals surface area contributed by atoms with Crippen molar-refractivity contribution in [2.45, 2.75) is 25.8 Å². The zero-order valence-corrected chi connectivity index (χ0v) is 14.2. The Kier molecular flexibility index (Phi) is 3.77. The summed E-state index contributed by atoms with van der Waals surface area (Å²) in [6.07, 6.45) is 3.07. The molecule has 0 saturated heterocycles. The van der Waals surface area contributed by atoms with Gasteiger partial charge in [-0.3, -0.25) is 9.59 Å². The second kappa shape index (κ2) is 5.97. The molecule has 25 heavy (non-hydrogen) atoms. The van der Waals surface area contributed by atoms with Crippen molar-refractivity contribution in [3.8, 4) is 5.82 Å². The first-order chi connectivity index (χ1) is 12.1. The summed E-state index contributed by atoms with van der Waals surface area (Å²) in [5, 5.41) is 3.83. The lowest BCUT2D eigenvalue weighted by Gasteiger charge is -2.18. The molecule has 0 radical (unpaired) electrons. The number of hydrogen-bond acceptors (Lipinski definition) is 4. The maximum absolute atomic E-state index is 13.2. The molecule has 1 unspecified atom stereocenters. The highest BCUT2D eigenvalue weighted by Gasteiger charge is 2.29. The smallest absolute Gasteiger partial charge is 0.267 e. The number of benzene rings is 1. The molecule has 1 aromatic carbocycles. The Labute approximate surface area is 148 Å². The summed E-state index contributed by atoms with van der Waals surface area (Å²) in [5.41, 5.74) is 0.628. The van der Waals surface area contributed by atoms with Crippen LogP contribution in [0.4, 0.5) is 0 Å². The van der Waals surface area contributed by atoms with E-state index in [0.717, 1.165) is 6.42 Å². The Morgan fingerprint density at radius 3 is 2.92 bits per heavy atom. The Hall–Kier alpha value is -2.73. The number of fused-ring (bicyclic) bond motifs is 4. The molecule has 0 saturated carbocycles. The maximum atomic E-state index is 13.2. The molecule has 1 atom stereocenters. The van der Waals surface area contributed by atoms with Gasteiger partial charge in [-0.15, -0.1) is 0 Å². The summed E-state index contributed by atoms with van der Waals surface area (Å²) in [7, 11) is 0. The third-order valence-corrected chi connectivity index (χ3v) is 4.53. The van der Waals surface area contributed by atoms with Crippen LogP contribution < -0.4 is 10.9 Å². The molecule has 7 heteroatoms. The van der Waals surface area contributed by atoms with Gasteiger partial charge in [-0.05, 0) is 36.8 Å². The quantitative estimate of drug-likeness (QED) is 0.767. The molecule has 6 nitrogen and oxygen atoms in total. The standard InChI is InChI=1S/C18H15ClN4O2/c1-2-4-14-16-21-13-7-6-10(19)9-12(13)18(25)23(16)15-11(17(24)22-14)5-3-8-20-15/h3,5-9,14H,2,4H2,1H3,(H,22,24). The highest BCUT2D eigenvalue weighted by atomic mass is 35.5. The average molecular weight is 355 g/mol. The van der Waals surface area contributed by atoms with E-state index < -0.39 is 0 Å². The highest BCUT2D eigenvalue weighted by molar-refractivity contribution is 6.31. The number of nitrogens with zero attached hydrogens (tertiary/aromatic N) is 3. The molecule has 0 bridgehead atoms. The van der Waals surface area contributed by atoms with Gasteiger partial charge in [-0.2, -0.15) is 0 Å². The number of aromatic nitrogens is 3. The van der Waals surface area contributed by atoms with Gasteiger partial charge in [-0.1, -0.05) is 24.9 Å². The second-order valence-corrected chi connectivity index (χ2v) is 6.40. The van der Waals surface area contributed by atoms with Gasteiger partial charge in [0.15, 0.2) is 5.82 Å². The Balaban J connectivity index is 2.13. The van der Waals surface area contributed by atoms with Gasteiger partial charge in [0.05, 0.1) is 22.5 Å². The molecule has 3 aromatic rings. The molecule has 3 heterocycles. The van der Waals surface area contributed by atoms with Crippen LogP contribution in [0.1, 0.15) is 42.0 Å². The fourth-order valence-electron chi connectivity index (χ4n) is 3.16. The third-order valence-electron chi connectivity index (χ3n) is 4.29. The van der Waals surface area contributed by atoms with E-state index in [1.807, 2.05) is 6.92 Å². The molecular formula is C18H15ClN4O2. The fourth-order valence-corrected chi connectivity index (χ4v) is 3.33. The van der Waals surface area contributed by atoms with E-state index >= 15 is 0 Å². The van der Waals surface area contributed by atoms with Crippen LogP contribution in [0.5, 0.6) is 0 Å². The van der Waals surface area contributed by atoms with Gasteiger partial charge in [0, 0.05) is 11.2 Å². The lowest BCUT2D eigenvalue weighted by atomic mass is 10.1. The van der Waals surface area contributed by atoms with Gasteiger partial charge in [0.25, 0.3) is 11.5 Å². The number of nitrogens with one attached hydrogen (secondary N) is 1. The number of amides is 1. The first-order valence-electron chi connectivity index (χ1n) is 8.08. The number of carbonyl (C=O) groups is 1. The van der Waals surface area contributed by atoms with E-state index in [4.69, 9.17) is 11.6 Å². The molecule has 1 aliphatic rings. The van der Waals surface area contributed by atoms with Crippen LogP contribution in [0.3, 0.4) is 0 Å². The van der Waals surface area contributed by atoms with Crippen molar-refractivity contribution in [1.29, 1.82) is 0 Å². The van der Waals surface area contributed by atoms with Gasteiger partial charge >= 0.3 is 0 Å². The van der Waals surface area contributed by atoms with Crippen LogP contribution in [-0.2, 0) is 0 Å². The van der Waals surface area contributed by atoms with Crippen molar-refractivity contribution in [2.75, 3.05) is 0 Å². The van der Waals surface area contributed by atoms with Gasteiger partial charge < -0.3 is 5.32 Å². The van der Waals surface area contributed by atoms with E-state index in [-0.39, 0.29) is 17.5 Å². The first-order valence-corrected chi connectivity index (χ1v) is 8.46. The van der Waals surface area contributed by atoms with Crippen LogP contribution in [0, 0.1) is 0 Å². The second-order valence-electron chi connectivity index (χ2n) is 5.96. The van der Waals surface area contributed by atoms with Crippen LogP contribution in [0.2, 0.25) is 5.02 Å². The van der Waals surface area contributed by atoms with Crippen molar-refractivity contribution >= 4 is 28.4 Å². The largest absolute Gasteiger partial charge is 0.342 e. The molecule has 0 fully saturated rings. The molecular weight excluding hydrogens is 340 g/mol. The lowest BCUT2D eigenvalue weighted by molar-refractivity contribution is 0.0935. The summed E-state index contributed by atoms with van der Waals surface area (Å²) in [4.78, 5) is 34.7. The first kappa shape index (κ1) is 15.8. The maximum Gasteiger partial charge on any atom is 0.267 e. The molecule has 2 aromatic heterocycles. The van der Waals surface area contributed by atoms with Crippen LogP contribution in [0.25, 0.3) is 16.7 Å². The molecule has 0 spiro atoms. The van der Waals surface area contributed by atoms with Gasteiger partial charge in [0.2, 0.25) is 0 Å². The highest BCUT2D eigenvalue weighted by Crippen LogP contribution is 2.26. The summed E-state index contributed by atoms with van der Waals surface area (Å²) in [6, 6.07) is 7.98.